The number of carbonyl (C=O) groups is 1. The summed E-state index contributed by atoms with van der Waals surface area (Å²) in [5, 5.41) is 21.7. The van der Waals surface area contributed by atoms with Crippen LogP contribution in [0.2, 0.25) is 5.02 Å². The summed E-state index contributed by atoms with van der Waals surface area (Å²) in [5.41, 5.74) is 2.58. The lowest BCUT2D eigenvalue weighted by molar-refractivity contribution is 0.0489. The fraction of sp³-hybridized carbons (Fsp3) is 0.250. The number of nitriles is 2. The second kappa shape index (κ2) is 11.3. The Balaban J connectivity index is 1.62. The van der Waals surface area contributed by atoms with Crippen molar-refractivity contribution in [1.82, 2.24) is 10.2 Å². The molecule has 1 fully saturated rings. The van der Waals surface area contributed by atoms with Crippen LogP contribution in [0, 0.1) is 28.5 Å². The lowest BCUT2D eigenvalue weighted by Gasteiger charge is -2.29. The first-order valence-electron chi connectivity index (χ1n) is 11.5. The largest absolute Gasteiger partial charge is 0.375 e. The molecule has 1 saturated heterocycles. The summed E-state index contributed by atoms with van der Waals surface area (Å²) < 4.78 is 20.4. The number of hydrogen-bond acceptors (Lipinski definition) is 5. The summed E-state index contributed by atoms with van der Waals surface area (Å²) in [6, 6.07) is 22.2. The molecule has 3 atom stereocenters. The van der Waals surface area contributed by atoms with Crippen LogP contribution in [-0.4, -0.2) is 42.6 Å². The third-order valence-electron chi connectivity index (χ3n) is 6.24. The van der Waals surface area contributed by atoms with Crippen LogP contribution in [0.25, 0.3) is 0 Å². The lowest BCUT2D eigenvalue weighted by Crippen LogP contribution is -2.44. The van der Waals surface area contributed by atoms with E-state index in [2.05, 4.69) is 16.3 Å². The Kier molecular flexibility index (Phi) is 7.97. The number of likely N-dealkylation sites (tertiary alicyclic amines) is 1. The second-order valence-corrected chi connectivity index (χ2v) is 8.96. The highest BCUT2D eigenvalue weighted by Crippen LogP contribution is 2.33. The quantitative estimate of drug-likeness (QED) is 0.500. The summed E-state index contributed by atoms with van der Waals surface area (Å²) in [7, 11) is 0. The van der Waals surface area contributed by atoms with Gasteiger partial charge in [0.2, 0.25) is 0 Å². The molecule has 36 heavy (non-hydrogen) atoms. The van der Waals surface area contributed by atoms with Gasteiger partial charge in [0.15, 0.2) is 0 Å². The molecule has 0 aromatic heterocycles. The number of carbonyl (C=O) groups excluding carboxylic acids is 1. The van der Waals surface area contributed by atoms with Gasteiger partial charge in [0.05, 0.1) is 47.0 Å². The molecule has 1 aliphatic heterocycles. The number of nitrogens with zero attached hydrogens (tertiary/aromatic N) is 3. The Labute approximate surface area is 214 Å². The van der Waals surface area contributed by atoms with E-state index in [4.69, 9.17) is 21.6 Å². The van der Waals surface area contributed by atoms with Gasteiger partial charge in [-0.25, -0.2) is 4.39 Å². The fourth-order valence-electron chi connectivity index (χ4n) is 4.55. The van der Waals surface area contributed by atoms with Gasteiger partial charge >= 0.3 is 0 Å². The number of ether oxygens (including phenoxy) is 1. The average Bonchev–Trinajstić information content (AvgIpc) is 3.27. The molecule has 6 nitrogen and oxygen atoms in total. The number of hydrogen-bond donors (Lipinski definition) is 1. The molecule has 1 N–H and O–H groups in total. The molecule has 0 bridgehead atoms. The first-order chi connectivity index (χ1) is 17.4. The SMILES string of the molecule is CCO[C@H]1CN(C(c2ccc(Cl)cc2)c2ccc(C#N)cc2)C[C@@H]1NC(=O)c1ccc(C#N)cc1F. The molecule has 3 aromatic rings. The van der Waals surface area contributed by atoms with E-state index in [0.717, 1.165) is 17.2 Å². The van der Waals surface area contributed by atoms with Crippen molar-refractivity contribution in [1.29, 1.82) is 10.5 Å². The number of amides is 1. The molecule has 1 heterocycles. The predicted molar refractivity (Wildman–Crippen MR) is 134 cm³/mol. The Bertz CT molecular complexity index is 1320. The summed E-state index contributed by atoms with van der Waals surface area (Å²) in [6.45, 7) is 3.33. The zero-order valence-corrected chi connectivity index (χ0v) is 20.4. The van der Waals surface area contributed by atoms with Crippen molar-refractivity contribution in [3.8, 4) is 12.1 Å². The molecule has 1 aliphatic rings. The molecule has 3 aromatic carbocycles. The molecule has 1 amide bonds. The van der Waals surface area contributed by atoms with Gasteiger partial charge in [-0.3, -0.25) is 9.69 Å². The molecule has 0 radical (unpaired) electrons. The van der Waals surface area contributed by atoms with Gasteiger partial charge in [-0.2, -0.15) is 10.5 Å². The number of benzene rings is 3. The van der Waals surface area contributed by atoms with Crippen molar-refractivity contribution < 1.29 is 13.9 Å². The van der Waals surface area contributed by atoms with E-state index in [1.54, 1.807) is 12.1 Å². The molecule has 0 spiro atoms. The van der Waals surface area contributed by atoms with E-state index in [1.807, 2.05) is 49.4 Å². The highest BCUT2D eigenvalue weighted by atomic mass is 35.5. The van der Waals surface area contributed by atoms with Crippen LogP contribution in [0.1, 0.15) is 45.6 Å². The van der Waals surface area contributed by atoms with Crippen molar-refractivity contribution in [3.05, 3.63) is 105 Å². The monoisotopic (exact) mass is 502 g/mol. The zero-order chi connectivity index (χ0) is 25.7. The molecular formula is C28H24ClFN4O2. The first-order valence-corrected chi connectivity index (χ1v) is 11.9. The van der Waals surface area contributed by atoms with E-state index in [1.165, 1.54) is 12.1 Å². The minimum atomic E-state index is -0.744. The smallest absolute Gasteiger partial charge is 0.254 e. The first kappa shape index (κ1) is 25.3. The highest BCUT2D eigenvalue weighted by molar-refractivity contribution is 6.30. The summed E-state index contributed by atoms with van der Waals surface area (Å²) in [4.78, 5) is 15.1. The molecular weight excluding hydrogens is 479 g/mol. The predicted octanol–water partition coefficient (Wildman–Crippen LogP) is 4.83. The third kappa shape index (κ3) is 5.56. The van der Waals surface area contributed by atoms with Crippen LogP contribution < -0.4 is 5.32 Å². The maximum Gasteiger partial charge on any atom is 0.254 e. The second-order valence-electron chi connectivity index (χ2n) is 8.52. The standard InChI is InChI=1S/C28H24ClFN4O2/c1-2-36-26-17-34(16-25(26)33-28(35)23-12-5-19(15-32)13-24(23)30)27(21-8-10-22(29)11-9-21)20-6-3-18(14-31)4-7-20/h3-13,25-27H,2,16-17H2,1H3,(H,33,35)/t25-,26-,27?/m0/s1. The Hall–Kier alpha value is -3.75. The Morgan fingerprint density at radius 3 is 2.25 bits per heavy atom. The minimum absolute atomic E-state index is 0.121. The van der Waals surface area contributed by atoms with Gasteiger partial charge in [-0.05, 0) is 60.5 Å². The van der Waals surface area contributed by atoms with Gasteiger partial charge in [0, 0.05) is 24.7 Å². The summed E-state index contributed by atoms with van der Waals surface area (Å²) >= 11 is 6.13. The number of nitrogens with one attached hydrogen (secondary N) is 1. The number of halogens is 2. The van der Waals surface area contributed by atoms with E-state index in [0.29, 0.717) is 30.3 Å². The molecule has 1 unspecified atom stereocenters. The summed E-state index contributed by atoms with van der Waals surface area (Å²) in [6.07, 6.45) is -0.312. The van der Waals surface area contributed by atoms with E-state index >= 15 is 0 Å². The van der Waals surface area contributed by atoms with E-state index in [9.17, 15) is 14.4 Å². The normalized spacial score (nSPS) is 18.2. The van der Waals surface area contributed by atoms with Crippen LogP contribution in [0.5, 0.6) is 0 Å². The molecule has 0 saturated carbocycles. The Morgan fingerprint density at radius 1 is 1.06 bits per heavy atom. The van der Waals surface area contributed by atoms with Crippen molar-refractivity contribution in [2.24, 2.45) is 0 Å². The Morgan fingerprint density at radius 2 is 1.67 bits per heavy atom. The molecule has 4 rings (SSSR count). The maximum atomic E-state index is 14.5. The zero-order valence-electron chi connectivity index (χ0n) is 19.6. The van der Waals surface area contributed by atoms with Crippen molar-refractivity contribution in [3.63, 3.8) is 0 Å². The topological polar surface area (TPSA) is 89.2 Å². The van der Waals surface area contributed by atoms with Crippen LogP contribution in [0.3, 0.4) is 0 Å². The average molecular weight is 503 g/mol. The van der Waals surface area contributed by atoms with E-state index in [-0.39, 0.29) is 29.3 Å². The lowest BCUT2D eigenvalue weighted by atomic mass is 9.96. The van der Waals surface area contributed by atoms with Gasteiger partial charge in [-0.1, -0.05) is 35.9 Å². The third-order valence-corrected chi connectivity index (χ3v) is 6.49. The summed E-state index contributed by atoms with van der Waals surface area (Å²) in [5.74, 6) is -1.30. The van der Waals surface area contributed by atoms with Gasteiger partial charge in [-0.15, -0.1) is 0 Å². The van der Waals surface area contributed by atoms with Crippen molar-refractivity contribution in [2.45, 2.75) is 25.1 Å². The highest BCUT2D eigenvalue weighted by Gasteiger charge is 2.39. The minimum Gasteiger partial charge on any atom is -0.375 e. The van der Waals surface area contributed by atoms with Crippen molar-refractivity contribution in [2.75, 3.05) is 19.7 Å². The van der Waals surface area contributed by atoms with Crippen molar-refractivity contribution >= 4 is 17.5 Å². The molecule has 0 aliphatic carbocycles. The van der Waals surface area contributed by atoms with Gasteiger partial charge in [0.25, 0.3) is 5.91 Å². The van der Waals surface area contributed by atoms with Gasteiger partial charge < -0.3 is 10.1 Å². The maximum absolute atomic E-state index is 14.5. The number of rotatable bonds is 7. The van der Waals surface area contributed by atoms with Crippen LogP contribution in [-0.2, 0) is 4.74 Å². The van der Waals surface area contributed by atoms with Crippen LogP contribution in [0.15, 0.2) is 66.7 Å². The van der Waals surface area contributed by atoms with Gasteiger partial charge in [0.1, 0.15) is 5.82 Å². The fourth-order valence-corrected chi connectivity index (χ4v) is 4.68. The van der Waals surface area contributed by atoms with Crippen LogP contribution >= 0.6 is 11.6 Å². The van der Waals surface area contributed by atoms with Crippen LogP contribution in [0.4, 0.5) is 4.39 Å². The molecule has 182 valence electrons. The van der Waals surface area contributed by atoms with E-state index < -0.39 is 11.7 Å². The molecule has 8 heteroatoms.